The Morgan fingerprint density at radius 2 is 2.05 bits per heavy atom. The summed E-state index contributed by atoms with van der Waals surface area (Å²) in [6.45, 7) is 0.989. The van der Waals surface area contributed by atoms with Gasteiger partial charge in [0.05, 0.1) is 0 Å². The van der Waals surface area contributed by atoms with Crippen LogP contribution in [0, 0.1) is 0 Å². The largest absolute Gasteiger partial charge is 0.350 e. The predicted molar refractivity (Wildman–Crippen MR) is 89.3 cm³/mol. The van der Waals surface area contributed by atoms with E-state index in [1.807, 2.05) is 11.8 Å². The van der Waals surface area contributed by atoms with Crippen molar-refractivity contribution in [3.05, 3.63) is 36.0 Å². The minimum Gasteiger partial charge on any atom is -0.350 e. The number of aromatic nitrogens is 1. The first-order valence-corrected chi connectivity index (χ1v) is 8.87. The van der Waals surface area contributed by atoms with Crippen LogP contribution in [-0.2, 0) is 13.6 Å². The van der Waals surface area contributed by atoms with Crippen LogP contribution in [0.1, 0.15) is 31.2 Å². The van der Waals surface area contributed by atoms with E-state index in [-0.39, 0.29) is 0 Å². The number of aryl methyl sites for hydroxylation is 1. The van der Waals surface area contributed by atoms with Crippen molar-refractivity contribution in [1.82, 2.24) is 9.88 Å². The third-order valence-corrected chi connectivity index (χ3v) is 5.71. The van der Waals surface area contributed by atoms with Gasteiger partial charge in [-0.2, -0.15) is 11.8 Å². The Morgan fingerprint density at radius 1 is 1.25 bits per heavy atom. The summed E-state index contributed by atoms with van der Waals surface area (Å²) in [5.41, 5.74) is 2.75. The summed E-state index contributed by atoms with van der Waals surface area (Å²) in [6.07, 6.45) is 10.0. The molecule has 1 aromatic heterocycles. The van der Waals surface area contributed by atoms with Gasteiger partial charge in [-0.15, -0.1) is 0 Å². The Kier molecular flexibility index (Phi) is 4.37. The van der Waals surface area contributed by atoms with Crippen LogP contribution in [0.25, 0.3) is 10.9 Å². The molecule has 1 fully saturated rings. The van der Waals surface area contributed by atoms with E-state index in [1.165, 1.54) is 42.1 Å². The molecule has 0 radical (unpaired) electrons. The van der Waals surface area contributed by atoms with Crippen molar-refractivity contribution in [3.8, 4) is 0 Å². The maximum atomic E-state index is 3.81. The molecule has 1 aliphatic rings. The number of hydrogen-bond donors (Lipinski definition) is 1. The molecular weight excluding hydrogens is 264 g/mol. The van der Waals surface area contributed by atoms with Crippen LogP contribution in [0.3, 0.4) is 0 Å². The molecule has 3 heteroatoms. The van der Waals surface area contributed by atoms with Crippen LogP contribution in [0.5, 0.6) is 0 Å². The second kappa shape index (κ2) is 6.23. The summed E-state index contributed by atoms with van der Waals surface area (Å²) in [4.78, 5) is 0. The first-order chi connectivity index (χ1) is 9.79. The summed E-state index contributed by atoms with van der Waals surface area (Å²) in [5, 5.41) is 5.99. The Balaban J connectivity index is 1.73. The average Bonchev–Trinajstić information content (AvgIpc) is 2.82. The van der Waals surface area contributed by atoms with Gasteiger partial charge in [0.1, 0.15) is 0 Å². The first-order valence-electron chi connectivity index (χ1n) is 7.58. The Hall–Kier alpha value is -0.930. The summed E-state index contributed by atoms with van der Waals surface area (Å²) < 4.78 is 2.24. The van der Waals surface area contributed by atoms with Crippen LogP contribution in [0.4, 0.5) is 0 Å². The van der Waals surface area contributed by atoms with E-state index in [9.17, 15) is 0 Å². The fourth-order valence-electron chi connectivity index (χ4n) is 3.42. The topological polar surface area (TPSA) is 17.0 Å². The molecule has 1 saturated carbocycles. The number of hydrogen-bond acceptors (Lipinski definition) is 2. The van der Waals surface area contributed by atoms with Gasteiger partial charge in [0, 0.05) is 42.0 Å². The molecule has 3 rings (SSSR count). The second-order valence-corrected chi connectivity index (χ2v) is 6.91. The number of para-hydroxylation sites is 1. The Bertz CT molecular complexity index is 575. The van der Waals surface area contributed by atoms with Gasteiger partial charge < -0.3 is 9.88 Å². The first kappa shape index (κ1) is 14.0. The summed E-state index contributed by atoms with van der Waals surface area (Å²) >= 11 is 2.03. The fourth-order valence-corrected chi connectivity index (χ4v) is 4.38. The lowest BCUT2D eigenvalue weighted by Crippen LogP contribution is -2.39. The molecule has 2 atom stereocenters. The van der Waals surface area contributed by atoms with Gasteiger partial charge in [-0.05, 0) is 30.7 Å². The number of fused-ring (bicyclic) bond motifs is 1. The molecule has 1 aromatic carbocycles. The van der Waals surface area contributed by atoms with Gasteiger partial charge in [0.15, 0.2) is 0 Å². The highest BCUT2D eigenvalue weighted by Crippen LogP contribution is 2.28. The van der Waals surface area contributed by atoms with Crippen molar-refractivity contribution in [2.75, 3.05) is 6.26 Å². The van der Waals surface area contributed by atoms with E-state index in [1.54, 1.807) is 0 Å². The molecule has 108 valence electrons. The maximum absolute atomic E-state index is 3.81. The molecule has 0 amide bonds. The molecule has 0 bridgehead atoms. The van der Waals surface area contributed by atoms with Crippen LogP contribution >= 0.6 is 11.8 Å². The molecule has 0 spiro atoms. The highest BCUT2D eigenvalue weighted by Gasteiger charge is 2.23. The van der Waals surface area contributed by atoms with Crippen LogP contribution < -0.4 is 5.32 Å². The predicted octanol–water partition coefficient (Wildman–Crippen LogP) is 3.94. The third kappa shape index (κ3) is 2.75. The maximum Gasteiger partial charge on any atom is 0.0481 e. The van der Waals surface area contributed by atoms with Gasteiger partial charge in [0.2, 0.25) is 0 Å². The number of benzene rings is 1. The lowest BCUT2D eigenvalue weighted by atomic mass is 9.94. The Morgan fingerprint density at radius 3 is 2.90 bits per heavy atom. The van der Waals surface area contributed by atoms with Crippen LogP contribution in [-0.4, -0.2) is 22.1 Å². The molecule has 0 aliphatic heterocycles. The van der Waals surface area contributed by atoms with Crippen molar-refractivity contribution in [2.45, 2.75) is 43.5 Å². The number of thioether (sulfide) groups is 1. The third-order valence-electron chi connectivity index (χ3n) is 4.54. The molecule has 0 saturated heterocycles. The van der Waals surface area contributed by atoms with Crippen molar-refractivity contribution in [2.24, 2.45) is 7.05 Å². The lowest BCUT2D eigenvalue weighted by molar-refractivity contribution is 0.383. The highest BCUT2D eigenvalue weighted by atomic mass is 32.2. The van der Waals surface area contributed by atoms with Crippen LogP contribution in [0.15, 0.2) is 30.5 Å². The normalized spacial score (nSPS) is 23.3. The summed E-state index contributed by atoms with van der Waals surface area (Å²) in [7, 11) is 2.14. The van der Waals surface area contributed by atoms with E-state index in [0.717, 1.165) is 11.8 Å². The number of rotatable bonds is 4. The molecular formula is C17H24N2S. The van der Waals surface area contributed by atoms with E-state index >= 15 is 0 Å². The van der Waals surface area contributed by atoms with E-state index in [0.29, 0.717) is 6.04 Å². The van der Waals surface area contributed by atoms with E-state index < -0.39 is 0 Å². The molecule has 2 nitrogen and oxygen atoms in total. The molecule has 1 N–H and O–H groups in total. The van der Waals surface area contributed by atoms with Gasteiger partial charge in [0.25, 0.3) is 0 Å². The molecule has 1 heterocycles. The standard InChI is InChI=1S/C17H24N2S/c1-19-12-13(14-7-3-5-9-16(14)19)11-18-15-8-4-6-10-17(15)20-2/h3,5,7,9,12,15,17-18H,4,6,8,10-11H2,1-2H3. The average molecular weight is 288 g/mol. The van der Waals surface area contributed by atoms with Crippen molar-refractivity contribution < 1.29 is 0 Å². The van der Waals surface area contributed by atoms with Crippen LogP contribution in [0.2, 0.25) is 0 Å². The molecule has 20 heavy (non-hydrogen) atoms. The Labute approximate surface area is 125 Å². The zero-order chi connectivity index (χ0) is 13.9. The minimum absolute atomic E-state index is 0.678. The lowest BCUT2D eigenvalue weighted by Gasteiger charge is -2.31. The SMILES string of the molecule is CSC1CCCCC1NCc1cn(C)c2ccccc12. The molecule has 1 aliphatic carbocycles. The van der Waals surface area contributed by atoms with Crippen molar-refractivity contribution in [1.29, 1.82) is 0 Å². The zero-order valence-corrected chi connectivity index (χ0v) is 13.2. The van der Waals surface area contributed by atoms with Crippen molar-refractivity contribution in [3.63, 3.8) is 0 Å². The number of nitrogens with one attached hydrogen (secondary N) is 1. The van der Waals surface area contributed by atoms with Crippen molar-refractivity contribution >= 4 is 22.7 Å². The smallest absolute Gasteiger partial charge is 0.0481 e. The quantitative estimate of drug-likeness (QED) is 0.917. The monoisotopic (exact) mass is 288 g/mol. The number of nitrogens with zero attached hydrogens (tertiary/aromatic N) is 1. The van der Waals surface area contributed by atoms with Gasteiger partial charge in [-0.25, -0.2) is 0 Å². The van der Waals surface area contributed by atoms with E-state index in [2.05, 4.69) is 53.6 Å². The molecule has 2 unspecified atom stereocenters. The van der Waals surface area contributed by atoms with Gasteiger partial charge in [-0.1, -0.05) is 31.0 Å². The second-order valence-electron chi connectivity index (χ2n) is 5.83. The van der Waals surface area contributed by atoms with Gasteiger partial charge in [-0.3, -0.25) is 0 Å². The molecule has 2 aromatic rings. The fraction of sp³-hybridized carbons (Fsp3) is 0.529. The van der Waals surface area contributed by atoms with Gasteiger partial charge >= 0.3 is 0 Å². The highest BCUT2D eigenvalue weighted by molar-refractivity contribution is 7.99. The summed E-state index contributed by atoms with van der Waals surface area (Å²) in [5.74, 6) is 0. The van der Waals surface area contributed by atoms with E-state index in [4.69, 9.17) is 0 Å². The minimum atomic E-state index is 0.678. The summed E-state index contributed by atoms with van der Waals surface area (Å²) in [6, 6.07) is 9.36. The zero-order valence-electron chi connectivity index (χ0n) is 12.4.